The minimum atomic E-state index is -4.94. The van der Waals surface area contributed by atoms with Gasteiger partial charge in [0.2, 0.25) is 5.91 Å². The first-order chi connectivity index (χ1) is 10.9. The number of rotatable bonds is 6. The summed E-state index contributed by atoms with van der Waals surface area (Å²) in [5.74, 6) is -0.592. The van der Waals surface area contributed by atoms with Gasteiger partial charge in [0.05, 0.1) is 24.3 Å². The molecule has 0 aromatic heterocycles. The standard InChI is InChI=1S/C14H16F6N2O2/c1-8(7-24-2)22-12(23)6-21-11-4-9(13(15,16)17)3-10(5-11)14(18,19)20/h3-5,8,21H,6-7H2,1-2H3,(H,22,23). The molecule has 0 saturated carbocycles. The third kappa shape index (κ3) is 6.26. The fourth-order valence-corrected chi connectivity index (χ4v) is 1.86. The molecule has 0 radical (unpaired) electrons. The Labute approximate surface area is 134 Å². The molecule has 0 spiro atoms. The van der Waals surface area contributed by atoms with Crippen LogP contribution >= 0.6 is 0 Å². The number of alkyl halides is 6. The maximum absolute atomic E-state index is 12.7. The lowest BCUT2D eigenvalue weighted by molar-refractivity contribution is -0.143. The third-order valence-electron chi connectivity index (χ3n) is 2.86. The van der Waals surface area contributed by atoms with Crippen LogP contribution in [0.3, 0.4) is 0 Å². The first kappa shape index (κ1) is 20.1. The largest absolute Gasteiger partial charge is 0.416 e. The molecule has 0 fully saturated rings. The van der Waals surface area contributed by atoms with E-state index in [1.165, 1.54) is 7.11 Å². The summed E-state index contributed by atoms with van der Waals surface area (Å²) < 4.78 is 81.0. The van der Waals surface area contributed by atoms with Crippen LogP contribution in [0, 0.1) is 0 Å². The molecule has 1 rings (SSSR count). The lowest BCUT2D eigenvalue weighted by Crippen LogP contribution is -2.39. The molecule has 0 aliphatic heterocycles. The summed E-state index contributed by atoms with van der Waals surface area (Å²) in [6.07, 6.45) is -9.88. The van der Waals surface area contributed by atoms with Gasteiger partial charge in [-0.05, 0) is 25.1 Å². The number of halogens is 6. The number of methoxy groups -OCH3 is 1. The Bertz CT molecular complexity index is 539. The minimum absolute atomic E-state index is 0.0198. The van der Waals surface area contributed by atoms with E-state index in [0.717, 1.165) is 0 Å². The number of hydrogen-bond acceptors (Lipinski definition) is 3. The molecule has 1 aromatic rings. The van der Waals surface area contributed by atoms with E-state index in [2.05, 4.69) is 10.6 Å². The smallest absolute Gasteiger partial charge is 0.383 e. The van der Waals surface area contributed by atoms with Crippen LogP contribution in [0.25, 0.3) is 0 Å². The molecule has 136 valence electrons. The number of ether oxygens (including phenoxy) is 1. The summed E-state index contributed by atoms with van der Waals surface area (Å²) in [5.41, 5.74) is -3.35. The second kappa shape index (κ2) is 7.73. The van der Waals surface area contributed by atoms with E-state index in [0.29, 0.717) is 12.1 Å². The average molecular weight is 358 g/mol. The monoisotopic (exact) mass is 358 g/mol. The highest BCUT2D eigenvalue weighted by molar-refractivity contribution is 5.81. The van der Waals surface area contributed by atoms with E-state index in [9.17, 15) is 31.1 Å². The van der Waals surface area contributed by atoms with Crippen molar-refractivity contribution in [3.05, 3.63) is 29.3 Å². The molecule has 10 heteroatoms. The molecule has 24 heavy (non-hydrogen) atoms. The maximum atomic E-state index is 12.7. The van der Waals surface area contributed by atoms with Crippen molar-refractivity contribution >= 4 is 11.6 Å². The molecule has 1 aromatic carbocycles. The number of benzene rings is 1. The highest BCUT2D eigenvalue weighted by Crippen LogP contribution is 2.37. The SMILES string of the molecule is COCC(C)NC(=O)CNc1cc(C(F)(F)F)cc(C(F)(F)F)c1. The van der Waals surface area contributed by atoms with Gasteiger partial charge < -0.3 is 15.4 Å². The molecule has 0 bridgehead atoms. The van der Waals surface area contributed by atoms with Crippen LogP contribution in [0.1, 0.15) is 18.1 Å². The second-order valence-electron chi connectivity index (χ2n) is 5.07. The first-order valence-corrected chi connectivity index (χ1v) is 6.75. The Hall–Kier alpha value is -1.97. The molecule has 0 aliphatic carbocycles. The Balaban J connectivity index is 2.89. The predicted molar refractivity (Wildman–Crippen MR) is 74.4 cm³/mol. The lowest BCUT2D eigenvalue weighted by Gasteiger charge is -2.16. The normalized spacial score (nSPS) is 13.5. The van der Waals surface area contributed by atoms with Crippen LogP contribution in [0.4, 0.5) is 32.0 Å². The summed E-state index contributed by atoms with van der Waals surface area (Å²) in [5, 5.41) is 4.73. The molecule has 0 aliphatic rings. The van der Waals surface area contributed by atoms with Crippen LogP contribution < -0.4 is 10.6 Å². The van der Waals surface area contributed by atoms with E-state index >= 15 is 0 Å². The van der Waals surface area contributed by atoms with E-state index in [1.807, 2.05) is 0 Å². The van der Waals surface area contributed by atoms with Gasteiger partial charge in [-0.1, -0.05) is 0 Å². The summed E-state index contributed by atoms with van der Waals surface area (Å²) in [7, 11) is 1.42. The molecule has 0 saturated heterocycles. The van der Waals surface area contributed by atoms with Gasteiger partial charge >= 0.3 is 12.4 Å². The van der Waals surface area contributed by atoms with Crippen molar-refractivity contribution in [2.75, 3.05) is 25.6 Å². The molecule has 4 nitrogen and oxygen atoms in total. The molecular formula is C14H16F6N2O2. The van der Waals surface area contributed by atoms with Crippen LogP contribution in [-0.2, 0) is 21.9 Å². The van der Waals surface area contributed by atoms with Crippen molar-refractivity contribution in [3.8, 4) is 0 Å². The number of nitrogens with one attached hydrogen (secondary N) is 2. The van der Waals surface area contributed by atoms with Crippen molar-refractivity contribution in [2.24, 2.45) is 0 Å². The predicted octanol–water partition coefficient (Wildman–Crippen LogP) is 3.29. The van der Waals surface area contributed by atoms with Gasteiger partial charge in [0.1, 0.15) is 0 Å². The van der Waals surface area contributed by atoms with Crippen LogP contribution in [-0.4, -0.2) is 32.2 Å². The van der Waals surface area contributed by atoms with Gasteiger partial charge in [0.25, 0.3) is 0 Å². The fraction of sp³-hybridized carbons (Fsp3) is 0.500. The Morgan fingerprint density at radius 2 is 1.58 bits per heavy atom. The molecule has 0 heterocycles. The van der Waals surface area contributed by atoms with Gasteiger partial charge in [0.15, 0.2) is 0 Å². The van der Waals surface area contributed by atoms with Crippen LogP contribution in [0.15, 0.2) is 18.2 Å². The molecule has 2 N–H and O–H groups in total. The van der Waals surface area contributed by atoms with Gasteiger partial charge in [-0.2, -0.15) is 26.3 Å². The zero-order valence-electron chi connectivity index (χ0n) is 12.8. The zero-order chi connectivity index (χ0) is 18.5. The number of anilines is 1. The highest BCUT2D eigenvalue weighted by atomic mass is 19.4. The van der Waals surface area contributed by atoms with Gasteiger partial charge in [0, 0.05) is 18.8 Å². The van der Waals surface area contributed by atoms with Crippen molar-refractivity contribution in [1.82, 2.24) is 5.32 Å². The molecular weight excluding hydrogens is 342 g/mol. The van der Waals surface area contributed by atoms with E-state index < -0.39 is 41.6 Å². The van der Waals surface area contributed by atoms with Gasteiger partial charge in [-0.3, -0.25) is 4.79 Å². The topological polar surface area (TPSA) is 50.4 Å². The second-order valence-corrected chi connectivity index (χ2v) is 5.07. The Kier molecular flexibility index (Phi) is 6.47. The molecule has 1 unspecified atom stereocenters. The van der Waals surface area contributed by atoms with Gasteiger partial charge in [-0.25, -0.2) is 0 Å². The lowest BCUT2D eigenvalue weighted by atomic mass is 10.1. The quantitative estimate of drug-likeness (QED) is 0.768. The number of carbonyl (C=O) groups is 1. The third-order valence-corrected chi connectivity index (χ3v) is 2.86. The van der Waals surface area contributed by atoms with E-state index in [1.54, 1.807) is 6.92 Å². The van der Waals surface area contributed by atoms with Gasteiger partial charge in [-0.15, -0.1) is 0 Å². The Morgan fingerprint density at radius 1 is 1.08 bits per heavy atom. The highest BCUT2D eigenvalue weighted by Gasteiger charge is 2.36. The van der Waals surface area contributed by atoms with Crippen LogP contribution in [0.5, 0.6) is 0 Å². The maximum Gasteiger partial charge on any atom is 0.416 e. The Morgan fingerprint density at radius 3 is 2.00 bits per heavy atom. The average Bonchev–Trinajstić information content (AvgIpc) is 2.43. The first-order valence-electron chi connectivity index (χ1n) is 6.75. The van der Waals surface area contributed by atoms with E-state index in [-0.39, 0.29) is 18.7 Å². The fourth-order valence-electron chi connectivity index (χ4n) is 1.86. The summed E-state index contributed by atoms with van der Waals surface area (Å²) in [6.45, 7) is 1.37. The number of amides is 1. The molecule has 1 atom stereocenters. The van der Waals surface area contributed by atoms with Crippen LogP contribution in [0.2, 0.25) is 0 Å². The molecule has 1 amide bonds. The number of carbonyl (C=O) groups excluding carboxylic acids is 1. The number of hydrogen-bond donors (Lipinski definition) is 2. The van der Waals surface area contributed by atoms with Crippen molar-refractivity contribution < 1.29 is 35.9 Å². The van der Waals surface area contributed by atoms with Crippen molar-refractivity contribution in [3.63, 3.8) is 0 Å². The van der Waals surface area contributed by atoms with Crippen molar-refractivity contribution in [2.45, 2.75) is 25.3 Å². The summed E-state index contributed by atoms with van der Waals surface area (Å²) in [4.78, 5) is 11.6. The minimum Gasteiger partial charge on any atom is -0.383 e. The summed E-state index contributed by atoms with van der Waals surface area (Å²) in [6, 6.07) is 0.699. The van der Waals surface area contributed by atoms with E-state index in [4.69, 9.17) is 4.74 Å². The summed E-state index contributed by atoms with van der Waals surface area (Å²) >= 11 is 0. The zero-order valence-corrected chi connectivity index (χ0v) is 12.8. The van der Waals surface area contributed by atoms with Crippen molar-refractivity contribution in [1.29, 1.82) is 0 Å².